The highest BCUT2D eigenvalue weighted by Crippen LogP contribution is 2.38. The minimum atomic E-state index is -0.300. The predicted octanol–water partition coefficient (Wildman–Crippen LogP) is 6.70. The molecule has 3 aromatic heterocycles. The number of terminal acetylenes is 1. The number of benzene rings is 1. The van der Waals surface area contributed by atoms with E-state index in [1.54, 1.807) is 0 Å². The maximum atomic E-state index is 5.76. The van der Waals surface area contributed by atoms with Crippen LogP contribution in [0.15, 0.2) is 47.2 Å². The van der Waals surface area contributed by atoms with Crippen molar-refractivity contribution in [2.45, 2.75) is 59.4 Å². The number of aryl methyl sites for hydroxylation is 2. The number of nitrogens with zero attached hydrogens (tertiary/aromatic N) is 3. The van der Waals surface area contributed by atoms with E-state index < -0.39 is 0 Å². The Bertz CT molecular complexity index is 1390. The van der Waals surface area contributed by atoms with E-state index in [1.807, 2.05) is 20.0 Å². The average molecular weight is 468 g/mol. The van der Waals surface area contributed by atoms with Crippen molar-refractivity contribution in [1.82, 2.24) is 14.7 Å². The highest BCUT2D eigenvalue weighted by Gasteiger charge is 2.29. The van der Waals surface area contributed by atoms with E-state index in [0.29, 0.717) is 0 Å². The van der Waals surface area contributed by atoms with Crippen LogP contribution in [0.3, 0.4) is 0 Å². The van der Waals surface area contributed by atoms with Crippen LogP contribution in [0.2, 0.25) is 0 Å². The van der Waals surface area contributed by atoms with E-state index in [2.05, 4.69) is 72.9 Å². The Labute approximate surface area is 207 Å². The summed E-state index contributed by atoms with van der Waals surface area (Å²) in [5.41, 5.74) is 8.34. The van der Waals surface area contributed by atoms with E-state index in [-0.39, 0.29) is 10.8 Å². The Kier molecular flexibility index (Phi) is 5.81. The summed E-state index contributed by atoms with van der Waals surface area (Å²) in [6.07, 6.45) is 12.1. The first-order valence-corrected chi connectivity index (χ1v) is 12.3. The summed E-state index contributed by atoms with van der Waals surface area (Å²) in [5.74, 6) is 3.70. The second-order valence-electron chi connectivity index (χ2n) is 10.7. The Hall–Kier alpha value is -3.36. The molecule has 1 fully saturated rings. The standard InChI is InChI=1S/C30H33N3O2/c1-7-29(4,5)24-10-8-22(9-11-24)25-18-33(19-30(6)12-14-34-15-13-30)26-16-23(17-31-28(25)26)27-20(2)32-35-21(27)3/h1,8-11,16-18H,12-15,19H2,2-6H3. The molecular formula is C30H33N3O2. The van der Waals surface area contributed by atoms with Gasteiger partial charge in [-0.1, -0.05) is 42.3 Å². The first-order chi connectivity index (χ1) is 16.7. The normalized spacial score (nSPS) is 15.9. The summed E-state index contributed by atoms with van der Waals surface area (Å²) < 4.78 is 13.5. The van der Waals surface area contributed by atoms with Gasteiger partial charge < -0.3 is 13.8 Å². The van der Waals surface area contributed by atoms with E-state index in [0.717, 1.165) is 82.9 Å². The maximum Gasteiger partial charge on any atom is 0.141 e. The number of ether oxygens (including phenoxy) is 1. The zero-order chi connectivity index (χ0) is 24.8. The number of aromatic nitrogens is 3. The average Bonchev–Trinajstić information content (AvgIpc) is 3.38. The van der Waals surface area contributed by atoms with Crippen molar-refractivity contribution in [3.05, 3.63) is 59.7 Å². The first kappa shape index (κ1) is 23.4. The lowest BCUT2D eigenvalue weighted by molar-refractivity contribution is 0.0161. The fraction of sp³-hybridized carbons (Fsp3) is 0.400. The van der Waals surface area contributed by atoms with Gasteiger partial charge in [-0.15, -0.1) is 6.42 Å². The van der Waals surface area contributed by atoms with Crippen LogP contribution in [0.5, 0.6) is 0 Å². The largest absolute Gasteiger partial charge is 0.381 e. The number of rotatable bonds is 5. The van der Waals surface area contributed by atoms with Gasteiger partial charge in [-0.3, -0.25) is 4.98 Å². The highest BCUT2D eigenvalue weighted by molar-refractivity contribution is 5.95. The Morgan fingerprint density at radius 3 is 2.46 bits per heavy atom. The molecule has 4 aromatic rings. The van der Waals surface area contributed by atoms with Gasteiger partial charge in [-0.2, -0.15) is 0 Å². The van der Waals surface area contributed by atoms with Gasteiger partial charge in [-0.25, -0.2) is 0 Å². The molecule has 5 rings (SSSR count). The molecule has 4 heterocycles. The third-order valence-electron chi connectivity index (χ3n) is 7.57. The topological polar surface area (TPSA) is 53.1 Å². The van der Waals surface area contributed by atoms with Gasteiger partial charge in [0.15, 0.2) is 0 Å². The summed E-state index contributed by atoms with van der Waals surface area (Å²) in [5, 5.41) is 4.15. The fourth-order valence-electron chi connectivity index (χ4n) is 5.12. The molecule has 0 atom stereocenters. The summed E-state index contributed by atoms with van der Waals surface area (Å²) in [7, 11) is 0. The lowest BCUT2D eigenvalue weighted by Gasteiger charge is -2.34. The molecule has 1 aliphatic heterocycles. The zero-order valence-corrected chi connectivity index (χ0v) is 21.3. The molecule has 0 bridgehead atoms. The highest BCUT2D eigenvalue weighted by atomic mass is 16.5. The van der Waals surface area contributed by atoms with Gasteiger partial charge in [0.05, 0.1) is 22.1 Å². The molecule has 35 heavy (non-hydrogen) atoms. The number of pyridine rings is 1. The van der Waals surface area contributed by atoms with Crippen molar-refractivity contribution in [2.75, 3.05) is 13.2 Å². The molecule has 0 amide bonds. The van der Waals surface area contributed by atoms with Crippen molar-refractivity contribution in [2.24, 2.45) is 5.41 Å². The molecule has 5 nitrogen and oxygen atoms in total. The molecule has 0 aliphatic carbocycles. The van der Waals surface area contributed by atoms with Crippen molar-refractivity contribution in [3.8, 4) is 34.6 Å². The third kappa shape index (κ3) is 4.28. The summed E-state index contributed by atoms with van der Waals surface area (Å²) in [4.78, 5) is 4.97. The first-order valence-electron chi connectivity index (χ1n) is 12.3. The van der Waals surface area contributed by atoms with E-state index in [1.165, 1.54) is 0 Å². The van der Waals surface area contributed by atoms with Gasteiger partial charge in [-0.05, 0) is 63.1 Å². The van der Waals surface area contributed by atoms with E-state index in [9.17, 15) is 0 Å². The van der Waals surface area contributed by atoms with E-state index >= 15 is 0 Å². The maximum absolute atomic E-state index is 5.76. The molecule has 1 aliphatic rings. The Morgan fingerprint density at radius 2 is 1.83 bits per heavy atom. The minimum Gasteiger partial charge on any atom is -0.381 e. The van der Waals surface area contributed by atoms with Crippen LogP contribution < -0.4 is 0 Å². The molecule has 0 N–H and O–H groups in total. The molecule has 0 spiro atoms. The predicted molar refractivity (Wildman–Crippen MR) is 140 cm³/mol. The SMILES string of the molecule is C#CC(C)(C)c1ccc(-c2cn(CC3(C)CCOCC3)c3cc(-c4c(C)noc4C)cnc23)cc1. The molecule has 1 saturated heterocycles. The van der Waals surface area contributed by atoms with Gasteiger partial charge in [0.1, 0.15) is 5.76 Å². The van der Waals surface area contributed by atoms with Crippen molar-refractivity contribution < 1.29 is 9.26 Å². The molecule has 0 saturated carbocycles. The number of hydrogen-bond donors (Lipinski definition) is 0. The number of hydrogen-bond acceptors (Lipinski definition) is 4. The lowest BCUT2D eigenvalue weighted by Crippen LogP contribution is -2.30. The quantitative estimate of drug-likeness (QED) is 0.306. The van der Waals surface area contributed by atoms with Crippen molar-refractivity contribution in [1.29, 1.82) is 0 Å². The Balaban J connectivity index is 1.64. The molecule has 180 valence electrons. The van der Waals surface area contributed by atoms with Crippen LogP contribution in [-0.4, -0.2) is 27.9 Å². The van der Waals surface area contributed by atoms with Gasteiger partial charge >= 0.3 is 0 Å². The van der Waals surface area contributed by atoms with Crippen LogP contribution in [0.25, 0.3) is 33.3 Å². The monoisotopic (exact) mass is 467 g/mol. The molecule has 0 unspecified atom stereocenters. The van der Waals surface area contributed by atoms with Crippen LogP contribution in [0.1, 0.15) is 50.6 Å². The smallest absolute Gasteiger partial charge is 0.141 e. The number of fused-ring (bicyclic) bond motifs is 1. The zero-order valence-electron chi connectivity index (χ0n) is 21.3. The Morgan fingerprint density at radius 1 is 1.11 bits per heavy atom. The van der Waals surface area contributed by atoms with Gasteiger partial charge in [0.25, 0.3) is 0 Å². The van der Waals surface area contributed by atoms with Gasteiger partial charge in [0.2, 0.25) is 0 Å². The lowest BCUT2D eigenvalue weighted by atomic mass is 9.82. The fourth-order valence-corrected chi connectivity index (χ4v) is 5.12. The van der Waals surface area contributed by atoms with Crippen LogP contribution in [-0.2, 0) is 16.7 Å². The summed E-state index contributed by atoms with van der Waals surface area (Å²) >= 11 is 0. The van der Waals surface area contributed by atoms with Crippen LogP contribution in [0.4, 0.5) is 0 Å². The van der Waals surface area contributed by atoms with E-state index in [4.69, 9.17) is 20.7 Å². The summed E-state index contributed by atoms with van der Waals surface area (Å²) in [6, 6.07) is 10.8. The molecule has 1 aromatic carbocycles. The molecule has 0 radical (unpaired) electrons. The van der Waals surface area contributed by atoms with Crippen LogP contribution >= 0.6 is 0 Å². The molecular weight excluding hydrogens is 434 g/mol. The minimum absolute atomic E-state index is 0.182. The second-order valence-corrected chi connectivity index (χ2v) is 10.7. The van der Waals surface area contributed by atoms with Crippen molar-refractivity contribution >= 4 is 11.0 Å². The van der Waals surface area contributed by atoms with Crippen molar-refractivity contribution in [3.63, 3.8) is 0 Å². The molecule has 5 heteroatoms. The van der Waals surface area contributed by atoms with Gasteiger partial charge in [0, 0.05) is 48.8 Å². The van der Waals surface area contributed by atoms with Crippen LogP contribution in [0, 0.1) is 31.6 Å². The second kappa shape index (κ2) is 8.70. The summed E-state index contributed by atoms with van der Waals surface area (Å²) in [6.45, 7) is 13.0. The third-order valence-corrected chi connectivity index (χ3v) is 7.57.